The van der Waals surface area contributed by atoms with Crippen LogP contribution in [0, 0.1) is 11.3 Å². The van der Waals surface area contributed by atoms with Gasteiger partial charge in [0.15, 0.2) is 0 Å². The van der Waals surface area contributed by atoms with Crippen molar-refractivity contribution < 1.29 is 4.79 Å². The molecule has 1 aromatic heterocycles. The summed E-state index contributed by atoms with van der Waals surface area (Å²) in [6.07, 6.45) is 5.69. The SMILES string of the molecule is CC(C)C(C)(C)CNC(=O)NC1CCN([C@H](C)c2ccncc2)CC1. The smallest absolute Gasteiger partial charge is 0.315 e. The van der Waals surface area contributed by atoms with Crippen LogP contribution in [0.5, 0.6) is 0 Å². The molecule has 0 aromatic carbocycles. The number of aromatic nitrogens is 1. The van der Waals surface area contributed by atoms with E-state index in [9.17, 15) is 4.79 Å². The summed E-state index contributed by atoms with van der Waals surface area (Å²) >= 11 is 0. The molecule has 0 aliphatic carbocycles. The Bertz CT molecular complexity index is 536. The number of hydrogen-bond acceptors (Lipinski definition) is 3. The van der Waals surface area contributed by atoms with Gasteiger partial charge in [-0.1, -0.05) is 27.7 Å². The summed E-state index contributed by atoms with van der Waals surface area (Å²) in [5, 5.41) is 6.18. The Morgan fingerprint density at radius 1 is 1.24 bits per heavy atom. The summed E-state index contributed by atoms with van der Waals surface area (Å²) in [5.41, 5.74) is 1.41. The van der Waals surface area contributed by atoms with Crippen molar-refractivity contribution in [2.75, 3.05) is 19.6 Å². The number of hydrogen-bond donors (Lipinski definition) is 2. The third-order valence-electron chi connectivity index (χ3n) is 5.87. The molecule has 2 rings (SSSR count). The molecular formula is C20H34N4O. The molecule has 2 amide bonds. The maximum absolute atomic E-state index is 12.2. The number of nitrogens with zero attached hydrogens (tertiary/aromatic N) is 2. The molecule has 0 spiro atoms. The first-order chi connectivity index (χ1) is 11.8. The van der Waals surface area contributed by atoms with Crippen LogP contribution in [0.1, 0.15) is 59.1 Å². The number of pyridine rings is 1. The van der Waals surface area contributed by atoms with E-state index in [1.165, 1.54) is 5.56 Å². The molecule has 1 aliphatic rings. The summed E-state index contributed by atoms with van der Waals surface area (Å²) in [5.74, 6) is 0.533. The molecular weight excluding hydrogens is 312 g/mol. The maximum Gasteiger partial charge on any atom is 0.315 e. The van der Waals surface area contributed by atoms with Crippen molar-refractivity contribution in [1.82, 2.24) is 20.5 Å². The normalized spacial score (nSPS) is 18.2. The predicted octanol–water partition coefficient (Wildman–Crippen LogP) is 3.59. The van der Waals surface area contributed by atoms with E-state index in [0.717, 1.165) is 25.9 Å². The molecule has 2 heterocycles. The van der Waals surface area contributed by atoms with Crippen molar-refractivity contribution in [3.05, 3.63) is 30.1 Å². The first-order valence-corrected chi connectivity index (χ1v) is 9.48. The van der Waals surface area contributed by atoms with E-state index in [1.54, 1.807) is 0 Å². The second kappa shape index (κ2) is 8.65. The lowest BCUT2D eigenvalue weighted by Gasteiger charge is -2.36. The average molecular weight is 347 g/mol. The minimum Gasteiger partial charge on any atom is -0.338 e. The van der Waals surface area contributed by atoms with Crippen LogP contribution in [0.3, 0.4) is 0 Å². The minimum absolute atomic E-state index is 0.0330. The Morgan fingerprint density at radius 3 is 2.40 bits per heavy atom. The topological polar surface area (TPSA) is 57.3 Å². The van der Waals surface area contributed by atoms with E-state index in [4.69, 9.17) is 0 Å². The molecule has 0 radical (unpaired) electrons. The Balaban J connectivity index is 1.74. The van der Waals surface area contributed by atoms with E-state index in [0.29, 0.717) is 18.5 Å². The van der Waals surface area contributed by atoms with Crippen molar-refractivity contribution in [3.8, 4) is 0 Å². The fourth-order valence-corrected chi connectivity index (χ4v) is 3.03. The molecule has 0 saturated carbocycles. The molecule has 1 aromatic rings. The number of urea groups is 1. The van der Waals surface area contributed by atoms with Crippen molar-refractivity contribution in [3.63, 3.8) is 0 Å². The van der Waals surface area contributed by atoms with Crippen LogP contribution >= 0.6 is 0 Å². The van der Waals surface area contributed by atoms with Gasteiger partial charge in [-0.15, -0.1) is 0 Å². The van der Waals surface area contributed by atoms with Crippen molar-refractivity contribution in [2.24, 2.45) is 11.3 Å². The highest BCUT2D eigenvalue weighted by atomic mass is 16.2. The molecule has 1 atom stereocenters. The van der Waals surface area contributed by atoms with Gasteiger partial charge in [-0.25, -0.2) is 4.79 Å². The van der Waals surface area contributed by atoms with Gasteiger partial charge in [0.2, 0.25) is 0 Å². The number of likely N-dealkylation sites (tertiary alicyclic amines) is 1. The highest BCUT2D eigenvalue weighted by Gasteiger charge is 2.26. The molecule has 1 saturated heterocycles. The molecule has 140 valence electrons. The van der Waals surface area contributed by atoms with Crippen LogP contribution in [0.2, 0.25) is 0 Å². The fourth-order valence-electron chi connectivity index (χ4n) is 3.03. The first-order valence-electron chi connectivity index (χ1n) is 9.48. The molecule has 5 heteroatoms. The van der Waals surface area contributed by atoms with Gasteiger partial charge in [0, 0.05) is 44.1 Å². The molecule has 2 N–H and O–H groups in total. The highest BCUT2D eigenvalue weighted by molar-refractivity contribution is 5.74. The van der Waals surface area contributed by atoms with Gasteiger partial charge in [-0.05, 0) is 48.8 Å². The number of carbonyl (C=O) groups excluding carboxylic acids is 1. The van der Waals surface area contributed by atoms with E-state index in [2.05, 4.69) is 67.3 Å². The van der Waals surface area contributed by atoms with Crippen LogP contribution in [0.15, 0.2) is 24.5 Å². The predicted molar refractivity (Wildman–Crippen MR) is 102 cm³/mol. The van der Waals surface area contributed by atoms with Gasteiger partial charge in [0.1, 0.15) is 0 Å². The maximum atomic E-state index is 12.2. The fraction of sp³-hybridized carbons (Fsp3) is 0.700. The van der Waals surface area contributed by atoms with E-state index >= 15 is 0 Å². The third-order valence-corrected chi connectivity index (χ3v) is 5.87. The molecule has 5 nitrogen and oxygen atoms in total. The second-order valence-electron chi connectivity index (χ2n) is 8.24. The molecule has 1 aliphatic heterocycles. The van der Waals surface area contributed by atoms with Crippen LogP contribution in [-0.4, -0.2) is 41.6 Å². The number of piperidine rings is 1. The van der Waals surface area contributed by atoms with E-state index in [1.807, 2.05) is 12.4 Å². The van der Waals surface area contributed by atoms with Crippen LogP contribution in [0.4, 0.5) is 4.79 Å². The zero-order valence-electron chi connectivity index (χ0n) is 16.4. The summed E-state index contributed by atoms with van der Waals surface area (Å²) < 4.78 is 0. The van der Waals surface area contributed by atoms with Crippen LogP contribution < -0.4 is 10.6 Å². The first kappa shape index (κ1) is 19.7. The second-order valence-corrected chi connectivity index (χ2v) is 8.24. The number of carbonyl (C=O) groups is 1. The zero-order valence-corrected chi connectivity index (χ0v) is 16.4. The third kappa shape index (κ3) is 5.70. The van der Waals surface area contributed by atoms with Gasteiger partial charge in [-0.2, -0.15) is 0 Å². The molecule has 1 fully saturated rings. The van der Waals surface area contributed by atoms with Gasteiger partial charge >= 0.3 is 6.03 Å². The lowest BCUT2D eigenvalue weighted by atomic mass is 9.81. The molecule has 25 heavy (non-hydrogen) atoms. The van der Waals surface area contributed by atoms with Gasteiger partial charge in [0.25, 0.3) is 0 Å². The monoisotopic (exact) mass is 346 g/mol. The van der Waals surface area contributed by atoms with Gasteiger partial charge in [0.05, 0.1) is 0 Å². The Labute approximate surface area is 152 Å². The van der Waals surface area contributed by atoms with Gasteiger partial charge < -0.3 is 10.6 Å². The van der Waals surface area contributed by atoms with Crippen LogP contribution in [0.25, 0.3) is 0 Å². The summed E-state index contributed by atoms with van der Waals surface area (Å²) in [4.78, 5) is 18.7. The lowest BCUT2D eigenvalue weighted by molar-refractivity contribution is 0.151. The van der Waals surface area contributed by atoms with Crippen molar-refractivity contribution in [1.29, 1.82) is 0 Å². The van der Waals surface area contributed by atoms with E-state index in [-0.39, 0.29) is 17.5 Å². The van der Waals surface area contributed by atoms with Crippen molar-refractivity contribution >= 4 is 6.03 Å². The Kier molecular flexibility index (Phi) is 6.82. The Morgan fingerprint density at radius 2 is 1.84 bits per heavy atom. The zero-order chi connectivity index (χ0) is 18.4. The van der Waals surface area contributed by atoms with Crippen LogP contribution in [-0.2, 0) is 0 Å². The lowest BCUT2D eigenvalue weighted by Crippen LogP contribution is -2.50. The number of rotatable bonds is 6. The van der Waals surface area contributed by atoms with Crippen molar-refractivity contribution in [2.45, 2.75) is 59.5 Å². The average Bonchev–Trinajstić information content (AvgIpc) is 2.61. The standard InChI is InChI=1S/C20H34N4O/c1-15(2)20(4,5)14-22-19(25)23-18-8-12-24(13-9-18)16(3)17-6-10-21-11-7-17/h6-7,10-11,15-16,18H,8-9,12-14H2,1-5H3,(H2,22,23,25)/t16-/m1/s1. The summed E-state index contributed by atoms with van der Waals surface area (Å²) in [7, 11) is 0. The summed E-state index contributed by atoms with van der Waals surface area (Å²) in [6, 6.07) is 4.79. The minimum atomic E-state index is -0.0330. The number of amides is 2. The highest BCUT2D eigenvalue weighted by Crippen LogP contribution is 2.25. The largest absolute Gasteiger partial charge is 0.338 e. The quantitative estimate of drug-likeness (QED) is 0.827. The number of nitrogens with one attached hydrogen (secondary N) is 2. The summed E-state index contributed by atoms with van der Waals surface area (Å²) in [6.45, 7) is 13.7. The molecule has 0 bridgehead atoms. The van der Waals surface area contributed by atoms with Gasteiger partial charge in [-0.3, -0.25) is 9.88 Å². The molecule has 0 unspecified atom stereocenters. The Hall–Kier alpha value is -1.62. The van der Waals surface area contributed by atoms with E-state index < -0.39 is 0 Å².